The van der Waals surface area contributed by atoms with Crippen LogP contribution in [0.2, 0.25) is 0 Å². The topological polar surface area (TPSA) is 88.2 Å². The van der Waals surface area contributed by atoms with Gasteiger partial charge < -0.3 is 10.8 Å². The number of nitrogens with one attached hydrogen (secondary N) is 1. The molecule has 0 aliphatic carbocycles. The van der Waals surface area contributed by atoms with Gasteiger partial charge in [-0.1, -0.05) is 29.5 Å². The Balaban J connectivity index is 1.95. The van der Waals surface area contributed by atoms with Gasteiger partial charge in [-0.2, -0.15) is 0 Å². The molecule has 100 valence electrons. The second-order valence-electron chi connectivity index (χ2n) is 4.24. The van der Waals surface area contributed by atoms with Gasteiger partial charge in [0, 0.05) is 5.69 Å². The highest BCUT2D eigenvalue weighted by Crippen LogP contribution is 2.29. The highest BCUT2D eigenvalue weighted by atomic mass is 32.1. The van der Waals surface area contributed by atoms with Crippen LogP contribution in [0.1, 0.15) is 0 Å². The minimum Gasteiger partial charge on any atom is -0.465 e. The number of benzene rings is 2. The number of rotatable bonds is 2. The number of hydrogen-bond acceptors (Lipinski definition) is 4. The zero-order chi connectivity index (χ0) is 14.1. The van der Waals surface area contributed by atoms with Crippen molar-refractivity contribution >= 4 is 38.5 Å². The molecular formula is C14H11N3O2S. The zero-order valence-electron chi connectivity index (χ0n) is 10.3. The van der Waals surface area contributed by atoms with Crippen molar-refractivity contribution < 1.29 is 9.90 Å². The molecule has 0 aliphatic heterocycles. The summed E-state index contributed by atoms with van der Waals surface area (Å²) in [7, 11) is 0. The summed E-state index contributed by atoms with van der Waals surface area (Å²) in [6, 6.07) is 13.1. The number of thiazole rings is 1. The van der Waals surface area contributed by atoms with E-state index >= 15 is 0 Å². The molecule has 0 atom stereocenters. The van der Waals surface area contributed by atoms with Crippen LogP contribution >= 0.6 is 11.3 Å². The third-order valence-electron chi connectivity index (χ3n) is 2.87. The van der Waals surface area contributed by atoms with Gasteiger partial charge in [0.2, 0.25) is 0 Å². The van der Waals surface area contributed by atoms with Crippen LogP contribution in [0.4, 0.5) is 15.6 Å². The van der Waals surface area contributed by atoms with Gasteiger partial charge in [0.05, 0.1) is 10.2 Å². The first-order valence-corrected chi connectivity index (χ1v) is 6.70. The van der Waals surface area contributed by atoms with Gasteiger partial charge in [-0.15, -0.1) is 0 Å². The molecule has 4 N–H and O–H groups in total. The summed E-state index contributed by atoms with van der Waals surface area (Å²) in [6.45, 7) is 0. The molecule has 5 nitrogen and oxygen atoms in total. The number of nitrogens with zero attached hydrogens (tertiary/aromatic N) is 1. The molecule has 20 heavy (non-hydrogen) atoms. The molecular weight excluding hydrogens is 274 g/mol. The molecule has 1 aromatic heterocycles. The molecule has 0 bridgehead atoms. The van der Waals surface area contributed by atoms with Crippen LogP contribution in [-0.2, 0) is 0 Å². The molecule has 6 heteroatoms. The molecule has 1 amide bonds. The average molecular weight is 285 g/mol. The van der Waals surface area contributed by atoms with Crippen molar-refractivity contribution in [2.75, 3.05) is 11.1 Å². The summed E-state index contributed by atoms with van der Waals surface area (Å²) in [4.78, 5) is 14.8. The van der Waals surface area contributed by atoms with Gasteiger partial charge in [-0.25, -0.2) is 9.78 Å². The van der Waals surface area contributed by atoms with Crippen LogP contribution in [0.15, 0.2) is 42.5 Å². The van der Waals surface area contributed by atoms with E-state index in [1.165, 1.54) is 11.3 Å². The first kappa shape index (κ1) is 12.4. The van der Waals surface area contributed by atoms with Crippen molar-refractivity contribution in [3.63, 3.8) is 0 Å². The van der Waals surface area contributed by atoms with E-state index in [0.29, 0.717) is 10.8 Å². The molecule has 0 aliphatic rings. The van der Waals surface area contributed by atoms with E-state index in [9.17, 15) is 4.79 Å². The average Bonchev–Trinajstić information content (AvgIpc) is 2.78. The summed E-state index contributed by atoms with van der Waals surface area (Å²) < 4.78 is 1.03. The lowest BCUT2D eigenvalue weighted by atomic mass is 10.1. The van der Waals surface area contributed by atoms with E-state index in [-0.39, 0.29) is 0 Å². The molecule has 0 spiro atoms. The van der Waals surface area contributed by atoms with Gasteiger partial charge in [-0.3, -0.25) is 5.32 Å². The van der Waals surface area contributed by atoms with Crippen molar-refractivity contribution in [2.45, 2.75) is 0 Å². The summed E-state index contributed by atoms with van der Waals surface area (Å²) in [5.41, 5.74) is 9.18. The van der Waals surface area contributed by atoms with Crippen molar-refractivity contribution in [2.24, 2.45) is 0 Å². The predicted octanol–water partition coefficient (Wildman–Crippen LogP) is 3.64. The maximum absolute atomic E-state index is 10.5. The Morgan fingerprint density at radius 1 is 1.15 bits per heavy atom. The fourth-order valence-electron chi connectivity index (χ4n) is 1.99. The summed E-state index contributed by atoms with van der Waals surface area (Å²) in [5, 5.41) is 11.5. The van der Waals surface area contributed by atoms with Gasteiger partial charge in [0.1, 0.15) is 0 Å². The Hall–Kier alpha value is -2.60. The molecule has 3 aromatic rings. The quantitative estimate of drug-likeness (QED) is 0.670. The van der Waals surface area contributed by atoms with Gasteiger partial charge in [0.15, 0.2) is 5.13 Å². The van der Waals surface area contributed by atoms with E-state index in [1.807, 2.05) is 30.3 Å². The first-order valence-electron chi connectivity index (χ1n) is 5.88. The predicted molar refractivity (Wildman–Crippen MR) is 81.1 cm³/mol. The Kier molecular flexibility index (Phi) is 3.00. The number of nitrogens with two attached hydrogens (primary N) is 1. The summed E-state index contributed by atoms with van der Waals surface area (Å²) >= 11 is 1.45. The summed E-state index contributed by atoms with van der Waals surface area (Å²) in [6.07, 6.45) is -1.07. The fourth-order valence-corrected chi connectivity index (χ4v) is 2.76. The van der Waals surface area contributed by atoms with Crippen LogP contribution in [-0.4, -0.2) is 16.2 Å². The molecule has 0 unspecified atom stereocenters. The number of carboxylic acid groups (broad SMARTS) is 1. The Morgan fingerprint density at radius 3 is 2.55 bits per heavy atom. The van der Waals surface area contributed by atoms with Crippen LogP contribution in [0.5, 0.6) is 0 Å². The normalized spacial score (nSPS) is 10.6. The molecule has 1 heterocycles. The van der Waals surface area contributed by atoms with E-state index in [0.717, 1.165) is 21.3 Å². The number of hydrogen-bond donors (Lipinski definition) is 3. The maximum Gasteiger partial charge on any atom is 0.409 e. The zero-order valence-corrected chi connectivity index (χ0v) is 11.1. The highest BCUT2D eigenvalue weighted by molar-refractivity contribution is 7.22. The standard InChI is InChI=1S/C14H11N3O2S/c15-13-17-11-6-3-9(7-12(11)20-13)8-1-4-10(5-2-8)16-14(18)19/h1-7,16H,(H2,15,17)(H,18,19). The third kappa shape index (κ3) is 2.41. The van der Waals surface area contributed by atoms with E-state index in [4.69, 9.17) is 10.8 Å². The van der Waals surface area contributed by atoms with Crippen LogP contribution in [0.3, 0.4) is 0 Å². The number of anilines is 2. The third-order valence-corrected chi connectivity index (χ3v) is 3.72. The Morgan fingerprint density at radius 2 is 1.85 bits per heavy atom. The lowest BCUT2D eigenvalue weighted by Gasteiger charge is -2.04. The van der Waals surface area contributed by atoms with Crippen molar-refractivity contribution in [3.05, 3.63) is 42.5 Å². The number of amides is 1. The van der Waals surface area contributed by atoms with E-state index < -0.39 is 6.09 Å². The minimum absolute atomic E-state index is 0.546. The number of nitrogen functional groups attached to an aromatic ring is 1. The summed E-state index contributed by atoms with van der Waals surface area (Å²) in [5.74, 6) is 0. The number of aromatic nitrogens is 1. The number of carbonyl (C=O) groups is 1. The van der Waals surface area contributed by atoms with Gasteiger partial charge >= 0.3 is 6.09 Å². The highest BCUT2D eigenvalue weighted by Gasteiger charge is 2.04. The number of fused-ring (bicyclic) bond motifs is 1. The minimum atomic E-state index is -1.07. The molecule has 0 saturated heterocycles. The van der Waals surface area contributed by atoms with Gasteiger partial charge in [-0.05, 0) is 35.4 Å². The maximum atomic E-state index is 10.5. The van der Waals surface area contributed by atoms with Crippen LogP contribution in [0, 0.1) is 0 Å². The van der Waals surface area contributed by atoms with Crippen molar-refractivity contribution in [1.29, 1.82) is 0 Å². The second-order valence-corrected chi connectivity index (χ2v) is 5.30. The molecule has 0 radical (unpaired) electrons. The molecule has 0 fully saturated rings. The van der Waals surface area contributed by atoms with Gasteiger partial charge in [0.25, 0.3) is 0 Å². The van der Waals surface area contributed by atoms with Crippen LogP contribution in [0.25, 0.3) is 21.3 Å². The monoisotopic (exact) mass is 285 g/mol. The fraction of sp³-hybridized carbons (Fsp3) is 0. The molecule has 2 aromatic carbocycles. The first-order chi connectivity index (χ1) is 9.61. The molecule has 0 saturated carbocycles. The Labute approximate surface area is 118 Å². The second kappa shape index (κ2) is 4.82. The largest absolute Gasteiger partial charge is 0.465 e. The van der Waals surface area contributed by atoms with E-state index in [2.05, 4.69) is 10.3 Å². The SMILES string of the molecule is Nc1nc2ccc(-c3ccc(NC(=O)O)cc3)cc2s1. The lowest BCUT2D eigenvalue weighted by Crippen LogP contribution is -2.06. The van der Waals surface area contributed by atoms with Crippen molar-refractivity contribution in [1.82, 2.24) is 4.98 Å². The van der Waals surface area contributed by atoms with E-state index in [1.54, 1.807) is 12.1 Å². The Bertz CT molecular complexity index is 781. The van der Waals surface area contributed by atoms with Crippen molar-refractivity contribution in [3.8, 4) is 11.1 Å². The smallest absolute Gasteiger partial charge is 0.409 e. The molecule has 3 rings (SSSR count). The lowest BCUT2D eigenvalue weighted by molar-refractivity contribution is 0.210. The van der Waals surface area contributed by atoms with Crippen LogP contribution < -0.4 is 11.1 Å².